The van der Waals surface area contributed by atoms with Crippen molar-refractivity contribution < 1.29 is 9.53 Å². The molecule has 3 rings (SSSR count). The highest BCUT2D eigenvalue weighted by molar-refractivity contribution is 5.74. The number of aryl methyl sites for hydroxylation is 2. The summed E-state index contributed by atoms with van der Waals surface area (Å²) in [7, 11) is 0. The Morgan fingerprint density at radius 3 is 2.40 bits per heavy atom. The highest BCUT2D eigenvalue weighted by atomic mass is 16.5. The van der Waals surface area contributed by atoms with Crippen molar-refractivity contribution in [1.29, 1.82) is 0 Å². The molecule has 2 amide bonds. The Labute approximate surface area is 150 Å². The van der Waals surface area contributed by atoms with Crippen LogP contribution < -0.4 is 10.1 Å². The van der Waals surface area contributed by atoms with E-state index >= 15 is 0 Å². The number of carbonyl (C=O) groups excluding carboxylic acids is 1. The predicted octanol–water partition coefficient (Wildman–Crippen LogP) is 3.37. The first-order valence-corrected chi connectivity index (χ1v) is 9.64. The summed E-state index contributed by atoms with van der Waals surface area (Å²) < 4.78 is 6.00. The third-order valence-corrected chi connectivity index (χ3v) is 5.14. The SMILES string of the molecule is Cc1cc(OC2CCN(C(=O)NC3CCCCCC3)CC2)nc(C)n1. The molecule has 0 bridgehead atoms. The summed E-state index contributed by atoms with van der Waals surface area (Å²) >= 11 is 0. The van der Waals surface area contributed by atoms with Gasteiger partial charge in [-0.25, -0.2) is 9.78 Å². The number of piperidine rings is 1. The van der Waals surface area contributed by atoms with Gasteiger partial charge in [0.2, 0.25) is 5.88 Å². The van der Waals surface area contributed by atoms with Crippen molar-refractivity contribution in [1.82, 2.24) is 20.2 Å². The van der Waals surface area contributed by atoms with Crippen molar-refractivity contribution in [2.75, 3.05) is 13.1 Å². The fourth-order valence-electron chi connectivity index (χ4n) is 3.78. The van der Waals surface area contributed by atoms with Gasteiger partial charge < -0.3 is 15.0 Å². The standard InChI is InChI=1S/C19H30N4O2/c1-14-13-18(21-15(2)20-14)25-17-9-11-23(12-10-17)19(24)22-16-7-5-3-4-6-8-16/h13,16-17H,3-12H2,1-2H3,(H,22,24). The maximum Gasteiger partial charge on any atom is 0.317 e. The predicted molar refractivity (Wildman–Crippen MR) is 96.8 cm³/mol. The fourth-order valence-corrected chi connectivity index (χ4v) is 3.78. The summed E-state index contributed by atoms with van der Waals surface area (Å²) in [5, 5.41) is 3.23. The Hall–Kier alpha value is -1.85. The first-order valence-electron chi connectivity index (χ1n) is 9.64. The summed E-state index contributed by atoms with van der Waals surface area (Å²) in [6.07, 6.45) is 9.14. The van der Waals surface area contributed by atoms with Gasteiger partial charge in [0.1, 0.15) is 11.9 Å². The zero-order chi connectivity index (χ0) is 17.6. The number of hydrogen-bond donors (Lipinski definition) is 1. The minimum Gasteiger partial charge on any atom is -0.474 e. The van der Waals surface area contributed by atoms with Crippen LogP contribution in [0.2, 0.25) is 0 Å². The summed E-state index contributed by atoms with van der Waals surface area (Å²) in [6, 6.07) is 2.33. The summed E-state index contributed by atoms with van der Waals surface area (Å²) in [4.78, 5) is 23.0. The molecule has 2 heterocycles. The monoisotopic (exact) mass is 346 g/mol. The van der Waals surface area contributed by atoms with Crippen molar-refractivity contribution >= 4 is 6.03 Å². The summed E-state index contributed by atoms with van der Waals surface area (Å²) in [5.74, 6) is 1.38. The van der Waals surface area contributed by atoms with E-state index in [9.17, 15) is 4.79 Å². The van der Waals surface area contributed by atoms with Crippen LogP contribution in [0.1, 0.15) is 62.9 Å². The van der Waals surface area contributed by atoms with Gasteiger partial charge in [-0.15, -0.1) is 0 Å². The molecule has 0 spiro atoms. The maximum absolute atomic E-state index is 12.5. The molecule has 1 aliphatic heterocycles. The van der Waals surface area contributed by atoms with Crippen LogP contribution >= 0.6 is 0 Å². The third kappa shape index (κ3) is 5.31. The van der Waals surface area contributed by atoms with Crippen LogP contribution in [0.3, 0.4) is 0 Å². The molecule has 0 unspecified atom stereocenters. The molecule has 6 nitrogen and oxygen atoms in total. The van der Waals surface area contributed by atoms with Crippen molar-refractivity contribution in [2.24, 2.45) is 0 Å². The Kier molecular flexibility index (Phi) is 6.10. The minimum atomic E-state index is 0.0964. The van der Waals surface area contributed by atoms with Crippen molar-refractivity contribution in [2.45, 2.75) is 77.4 Å². The number of ether oxygens (including phenoxy) is 1. The van der Waals surface area contributed by atoms with E-state index in [2.05, 4.69) is 15.3 Å². The van der Waals surface area contributed by atoms with Crippen LogP contribution in [0, 0.1) is 13.8 Å². The maximum atomic E-state index is 12.5. The molecule has 1 aliphatic carbocycles. The minimum absolute atomic E-state index is 0.0964. The molecule has 0 radical (unpaired) electrons. The van der Waals surface area contributed by atoms with Gasteiger partial charge in [-0.05, 0) is 26.7 Å². The van der Waals surface area contributed by atoms with Crippen LogP contribution in [0.4, 0.5) is 4.79 Å². The Morgan fingerprint density at radius 1 is 1.08 bits per heavy atom. The fraction of sp³-hybridized carbons (Fsp3) is 0.737. The zero-order valence-corrected chi connectivity index (χ0v) is 15.5. The average molecular weight is 346 g/mol. The van der Waals surface area contributed by atoms with Gasteiger partial charge in [0.05, 0.1) is 0 Å². The molecule has 2 fully saturated rings. The second-order valence-corrected chi connectivity index (χ2v) is 7.34. The molecule has 138 valence electrons. The van der Waals surface area contributed by atoms with Crippen LogP contribution in [-0.2, 0) is 0 Å². The number of aromatic nitrogens is 2. The molecular formula is C19H30N4O2. The van der Waals surface area contributed by atoms with Gasteiger partial charge in [-0.1, -0.05) is 25.7 Å². The van der Waals surface area contributed by atoms with Crippen molar-refractivity contribution in [3.63, 3.8) is 0 Å². The smallest absolute Gasteiger partial charge is 0.317 e. The van der Waals surface area contributed by atoms with Gasteiger partial charge in [0.15, 0.2) is 0 Å². The van der Waals surface area contributed by atoms with Gasteiger partial charge in [0.25, 0.3) is 0 Å². The lowest BCUT2D eigenvalue weighted by Crippen LogP contribution is -2.49. The third-order valence-electron chi connectivity index (χ3n) is 5.14. The lowest BCUT2D eigenvalue weighted by atomic mass is 10.1. The number of urea groups is 1. The molecular weight excluding hydrogens is 316 g/mol. The topological polar surface area (TPSA) is 67.3 Å². The average Bonchev–Trinajstić information content (AvgIpc) is 2.83. The van der Waals surface area contributed by atoms with Crippen molar-refractivity contribution in [3.05, 3.63) is 17.6 Å². The largest absolute Gasteiger partial charge is 0.474 e. The van der Waals surface area contributed by atoms with Gasteiger partial charge in [0, 0.05) is 43.7 Å². The highest BCUT2D eigenvalue weighted by Crippen LogP contribution is 2.20. The van der Waals surface area contributed by atoms with Crippen molar-refractivity contribution in [3.8, 4) is 5.88 Å². The first-order chi connectivity index (χ1) is 12.1. The normalized spacial score (nSPS) is 20.2. The number of likely N-dealkylation sites (tertiary alicyclic amines) is 1. The lowest BCUT2D eigenvalue weighted by molar-refractivity contribution is 0.106. The molecule has 6 heteroatoms. The number of amides is 2. The van der Waals surface area contributed by atoms with Gasteiger partial charge >= 0.3 is 6.03 Å². The van der Waals surface area contributed by atoms with E-state index < -0.39 is 0 Å². The summed E-state index contributed by atoms with van der Waals surface area (Å²) in [6.45, 7) is 5.31. The number of nitrogens with one attached hydrogen (secondary N) is 1. The van der Waals surface area contributed by atoms with Crippen LogP contribution in [0.15, 0.2) is 6.07 Å². The van der Waals surface area contributed by atoms with Crippen LogP contribution in [-0.4, -0.2) is 46.1 Å². The highest BCUT2D eigenvalue weighted by Gasteiger charge is 2.26. The van der Waals surface area contributed by atoms with E-state index in [-0.39, 0.29) is 12.1 Å². The quantitative estimate of drug-likeness (QED) is 0.852. The molecule has 1 saturated heterocycles. The van der Waals surface area contributed by atoms with E-state index in [4.69, 9.17) is 4.74 Å². The zero-order valence-electron chi connectivity index (χ0n) is 15.5. The van der Waals surface area contributed by atoms with E-state index in [0.717, 1.165) is 50.3 Å². The second-order valence-electron chi connectivity index (χ2n) is 7.34. The molecule has 0 atom stereocenters. The van der Waals surface area contributed by atoms with Crippen LogP contribution in [0.25, 0.3) is 0 Å². The molecule has 1 aromatic rings. The first kappa shape index (κ1) is 18.0. The molecule has 25 heavy (non-hydrogen) atoms. The van der Waals surface area contributed by atoms with E-state index in [1.807, 2.05) is 24.8 Å². The molecule has 1 saturated carbocycles. The number of nitrogens with zero attached hydrogens (tertiary/aromatic N) is 3. The van der Waals surface area contributed by atoms with Crippen LogP contribution in [0.5, 0.6) is 5.88 Å². The number of rotatable bonds is 3. The molecule has 1 N–H and O–H groups in total. The van der Waals surface area contributed by atoms with E-state index in [0.29, 0.717) is 11.9 Å². The molecule has 0 aromatic carbocycles. The lowest BCUT2D eigenvalue weighted by Gasteiger charge is -2.33. The van der Waals surface area contributed by atoms with Gasteiger partial charge in [-0.3, -0.25) is 0 Å². The number of hydrogen-bond acceptors (Lipinski definition) is 4. The molecule has 2 aliphatic rings. The Balaban J connectivity index is 1.45. The Morgan fingerprint density at radius 2 is 1.76 bits per heavy atom. The summed E-state index contributed by atoms with van der Waals surface area (Å²) in [5.41, 5.74) is 0.919. The number of carbonyl (C=O) groups is 1. The Bertz CT molecular complexity index is 557. The van der Waals surface area contributed by atoms with E-state index in [1.165, 1.54) is 25.7 Å². The molecule has 1 aromatic heterocycles. The van der Waals surface area contributed by atoms with E-state index in [1.54, 1.807) is 0 Å². The van der Waals surface area contributed by atoms with Gasteiger partial charge in [-0.2, -0.15) is 4.98 Å². The second kappa shape index (κ2) is 8.50.